The van der Waals surface area contributed by atoms with Gasteiger partial charge in [-0.05, 0) is 74.7 Å². The summed E-state index contributed by atoms with van der Waals surface area (Å²) in [7, 11) is 0. The number of halogens is 2. The molecule has 0 bridgehead atoms. The number of hydrogen-bond acceptors (Lipinski definition) is 7. The third-order valence-corrected chi connectivity index (χ3v) is 5.23. The topological polar surface area (TPSA) is 118 Å². The first-order valence-electron chi connectivity index (χ1n) is 9.68. The maximum absolute atomic E-state index is 12.3. The van der Waals surface area contributed by atoms with Gasteiger partial charge in [0.05, 0.1) is 20.6 Å². The fourth-order valence-electron chi connectivity index (χ4n) is 2.62. The van der Waals surface area contributed by atoms with Gasteiger partial charge in [-0.2, -0.15) is 5.26 Å². The van der Waals surface area contributed by atoms with Gasteiger partial charge < -0.3 is 20.1 Å². The van der Waals surface area contributed by atoms with Gasteiger partial charge in [-0.15, -0.1) is 0 Å². The molecule has 0 saturated carbocycles. The Hall–Kier alpha value is -2.90. The maximum atomic E-state index is 12.3. The molecule has 0 heterocycles. The van der Waals surface area contributed by atoms with Crippen LogP contribution in [-0.2, 0) is 20.9 Å². The van der Waals surface area contributed by atoms with Crippen LogP contribution in [0.15, 0.2) is 39.3 Å². The summed E-state index contributed by atoms with van der Waals surface area (Å²) in [5, 5.41) is 14.8. The number of nitriles is 1. The number of benzene rings is 2. The van der Waals surface area contributed by atoms with Crippen molar-refractivity contribution in [1.29, 1.82) is 5.26 Å². The van der Waals surface area contributed by atoms with Crippen LogP contribution in [0.4, 0.5) is 5.69 Å². The van der Waals surface area contributed by atoms with Crippen LogP contribution in [0.3, 0.4) is 0 Å². The monoisotopic (exact) mass is 565 g/mol. The quantitative estimate of drug-likeness (QED) is 0.343. The average Bonchev–Trinajstić information content (AvgIpc) is 2.76. The van der Waals surface area contributed by atoms with E-state index in [0.717, 1.165) is 17.8 Å². The van der Waals surface area contributed by atoms with Gasteiger partial charge in [0.1, 0.15) is 18.9 Å². The fourth-order valence-corrected chi connectivity index (χ4v) is 4.04. The molecular weight excluding hydrogens is 546 g/mol. The van der Waals surface area contributed by atoms with Crippen LogP contribution in [0.25, 0.3) is 0 Å². The van der Waals surface area contributed by atoms with Crippen molar-refractivity contribution < 1.29 is 23.9 Å². The van der Waals surface area contributed by atoms with Crippen molar-refractivity contribution in [2.24, 2.45) is 0 Å². The van der Waals surface area contributed by atoms with Crippen LogP contribution in [0.1, 0.15) is 41.8 Å². The van der Waals surface area contributed by atoms with E-state index in [1.807, 2.05) is 13.0 Å². The molecule has 0 fully saturated rings. The average molecular weight is 567 g/mol. The number of carbonyl (C=O) groups excluding carboxylic acids is 3. The lowest BCUT2D eigenvalue weighted by molar-refractivity contribution is -0.158. The minimum Gasteiger partial charge on any atom is -0.487 e. The van der Waals surface area contributed by atoms with Crippen molar-refractivity contribution in [1.82, 2.24) is 5.32 Å². The van der Waals surface area contributed by atoms with Crippen LogP contribution >= 0.6 is 31.9 Å². The van der Waals surface area contributed by atoms with Crippen LogP contribution in [0.2, 0.25) is 0 Å². The van der Waals surface area contributed by atoms with Gasteiger partial charge in [-0.25, -0.2) is 4.79 Å². The third kappa shape index (κ3) is 7.35. The Balaban J connectivity index is 2.07. The summed E-state index contributed by atoms with van der Waals surface area (Å²) in [4.78, 5) is 35.0. The normalized spacial score (nSPS) is 10.1. The molecule has 168 valence electrons. The van der Waals surface area contributed by atoms with E-state index in [4.69, 9.17) is 4.74 Å². The number of carbonyl (C=O) groups is 3. The molecule has 32 heavy (non-hydrogen) atoms. The molecule has 0 unspecified atom stereocenters. The lowest BCUT2D eigenvalue weighted by Crippen LogP contribution is -2.31. The lowest BCUT2D eigenvalue weighted by Gasteiger charge is -2.13. The standard InChI is InChI=1S/C22H21Br2N3O5/c1-3-19(28)32-20(29)11-27-22(30)15-8-17(23)21(18(24)9-15)31-12-14-5-13(10-25)6-16(7-14)26-4-2/h5-9,26H,3-4,11-12H2,1-2H3,(H,27,30). The van der Waals surface area contributed by atoms with E-state index >= 15 is 0 Å². The lowest BCUT2D eigenvalue weighted by atomic mass is 10.1. The van der Waals surface area contributed by atoms with Crippen molar-refractivity contribution in [2.45, 2.75) is 26.9 Å². The molecule has 0 saturated heterocycles. The molecule has 0 aromatic heterocycles. The number of anilines is 1. The number of ether oxygens (including phenoxy) is 2. The van der Waals surface area contributed by atoms with Gasteiger partial charge in [-0.3, -0.25) is 9.59 Å². The molecule has 0 spiro atoms. The minimum absolute atomic E-state index is 0.0677. The Bertz CT molecular complexity index is 1040. The van der Waals surface area contributed by atoms with Crippen LogP contribution in [-0.4, -0.2) is 30.9 Å². The van der Waals surface area contributed by atoms with E-state index in [-0.39, 0.29) is 18.6 Å². The van der Waals surface area contributed by atoms with Gasteiger partial charge in [0, 0.05) is 24.2 Å². The van der Waals surface area contributed by atoms with E-state index in [0.29, 0.717) is 20.3 Å². The molecule has 0 aliphatic heterocycles. The Morgan fingerprint density at radius 3 is 2.31 bits per heavy atom. The molecule has 2 N–H and O–H groups in total. The summed E-state index contributed by atoms with van der Waals surface area (Å²) in [6.07, 6.45) is 0.0677. The molecule has 2 rings (SSSR count). The fraction of sp³-hybridized carbons (Fsp3) is 0.273. The van der Waals surface area contributed by atoms with Crippen molar-refractivity contribution in [2.75, 3.05) is 18.4 Å². The summed E-state index contributed by atoms with van der Waals surface area (Å²) >= 11 is 6.79. The SMILES string of the molecule is CCNc1cc(C#N)cc(COc2c(Br)cc(C(=O)NCC(=O)OC(=O)CC)cc2Br)c1. The summed E-state index contributed by atoms with van der Waals surface area (Å²) in [5.74, 6) is -1.54. The zero-order valence-electron chi connectivity index (χ0n) is 17.5. The van der Waals surface area contributed by atoms with Crippen molar-refractivity contribution in [3.8, 4) is 11.8 Å². The zero-order chi connectivity index (χ0) is 23.7. The molecule has 0 atom stereocenters. The van der Waals surface area contributed by atoms with E-state index in [1.165, 1.54) is 0 Å². The second-order valence-corrected chi connectivity index (χ2v) is 8.21. The van der Waals surface area contributed by atoms with Gasteiger partial charge in [-0.1, -0.05) is 6.92 Å². The third-order valence-electron chi connectivity index (χ3n) is 4.06. The molecule has 2 aromatic carbocycles. The minimum atomic E-state index is -0.834. The molecule has 0 radical (unpaired) electrons. The summed E-state index contributed by atoms with van der Waals surface area (Å²) in [6, 6.07) is 10.6. The predicted molar refractivity (Wildman–Crippen MR) is 125 cm³/mol. The molecule has 8 nitrogen and oxygen atoms in total. The Morgan fingerprint density at radius 1 is 1.03 bits per heavy atom. The number of nitrogens with zero attached hydrogens (tertiary/aromatic N) is 1. The van der Waals surface area contributed by atoms with Gasteiger partial charge >= 0.3 is 11.9 Å². The molecular formula is C22H21Br2N3O5. The predicted octanol–water partition coefficient (Wildman–Crippen LogP) is 4.30. The summed E-state index contributed by atoms with van der Waals surface area (Å²) in [6.45, 7) is 4.03. The van der Waals surface area contributed by atoms with Crippen LogP contribution < -0.4 is 15.4 Å². The maximum Gasteiger partial charge on any atom is 0.333 e. The molecule has 2 aromatic rings. The molecule has 10 heteroatoms. The Labute approximate surface area is 202 Å². The largest absolute Gasteiger partial charge is 0.487 e. The number of nitrogens with one attached hydrogen (secondary N) is 2. The highest BCUT2D eigenvalue weighted by Crippen LogP contribution is 2.35. The first-order chi connectivity index (χ1) is 15.3. The highest BCUT2D eigenvalue weighted by atomic mass is 79.9. The molecule has 0 aliphatic rings. The van der Waals surface area contributed by atoms with Gasteiger partial charge in [0.15, 0.2) is 0 Å². The number of esters is 2. The molecule has 1 amide bonds. The smallest absolute Gasteiger partial charge is 0.333 e. The number of hydrogen-bond donors (Lipinski definition) is 2. The zero-order valence-corrected chi connectivity index (χ0v) is 20.6. The highest BCUT2D eigenvalue weighted by molar-refractivity contribution is 9.11. The molecule has 0 aliphatic carbocycles. The Morgan fingerprint density at radius 2 is 1.72 bits per heavy atom. The van der Waals surface area contributed by atoms with Gasteiger partial charge in [0.25, 0.3) is 5.91 Å². The number of rotatable bonds is 9. The van der Waals surface area contributed by atoms with Gasteiger partial charge in [0.2, 0.25) is 0 Å². The second-order valence-electron chi connectivity index (χ2n) is 6.50. The van der Waals surface area contributed by atoms with E-state index in [1.54, 1.807) is 31.2 Å². The van der Waals surface area contributed by atoms with Crippen LogP contribution in [0, 0.1) is 11.3 Å². The van der Waals surface area contributed by atoms with Crippen molar-refractivity contribution in [3.05, 3.63) is 56.0 Å². The van der Waals surface area contributed by atoms with E-state index in [2.05, 4.69) is 53.3 Å². The Kier molecular flexibility index (Phi) is 9.68. The second kappa shape index (κ2) is 12.2. The highest BCUT2D eigenvalue weighted by Gasteiger charge is 2.16. The van der Waals surface area contributed by atoms with Crippen molar-refractivity contribution in [3.63, 3.8) is 0 Å². The van der Waals surface area contributed by atoms with Crippen LogP contribution in [0.5, 0.6) is 5.75 Å². The summed E-state index contributed by atoms with van der Waals surface area (Å²) < 4.78 is 11.4. The van der Waals surface area contributed by atoms with E-state index in [9.17, 15) is 19.6 Å². The van der Waals surface area contributed by atoms with E-state index < -0.39 is 24.4 Å². The first kappa shape index (κ1) is 25.4. The summed E-state index contributed by atoms with van der Waals surface area (Å²) in [5.41, 5.74) is 2.42. The first-order valence-corrected chi connectivity index (χ1v) is 11.3. The number of amides is 1. The van der Waals surface area contributed by atoms with Crippen molar-refractivity contribution >= 4 is 55.4 Å².